The Kier molecular flexibility index (Phi) is 5.81. The smallest absolute Gasteiger partial charge is 0.338 e. The lowest BCUT2D eigenvalue weighted by Gasteiger charge is -2.31. The van der Waals surface area contributed by atoms with Gasteiger partial charge in [-0.2, -0.15) is 0 Å². The molecule has 2 N–H and O–H groups in total. The van der Waals surface area contributed by atoms with Gasteiger partial charge in [0.2, 0.25) is 5.88 Å². The number of aryl methyl sites for hydroxylation is 1. The highest BCUT2D eigenvalue weighted by Gasteiger charge is 2.39. The van der Waals surface area contributed by atoms with Crippen LogP contribution in [0.25, 0.3) is 10.9 Å². The second kappa shape index (κ2) is 8.80. The van der Waals surface area contributed by atoms with Crippen molar-refractivity contribution in [3.63, 3.8) is 0 Å². The summed E-state index contributed by atoms with van der Waals surface area (Å²) in [4.78, 5) is 22.5. The number of nitrogens with two attached hydrogens (primary N) is 1. The van der Waals surface area contributed by atoms with Crippen molar-refractivity contribution in [2.24, 2.45) is 0 Å². The summed E-state index contributed by atoms with van der Waals surface area (Å²) < 4.78 is 16.5. The molecule has 1 aromatic carbocycles. The minimum Gasteiger partial charge on any atom is -0.497 e. The number of rotatable bonds is 3. The first kappa shape index (κ1) is 22.5. The van der Waals surface area contributed by atoms with Crippen molar-refractivity contribution in [3.05, 3.63) is 63.1 Å². The molecule has 3 aromatic rings. The fraction of sp³-hybridized carbons (Fsp3) is 0.346. The Hall–Kier alpha value is -3.32. The second-order valence-corrected chi connectivity index (χ2v) is 9.01. The molecule has 7 nitrogen and oxygen atoms in total. The van der Waals surface area contributed by atoms with Crippen LogP contribution in [0.5, 0.6) is 11.6 Å². The third kappa shape index (κ3) is 3.64. The van der Waals surface area contributed by atoms with Gasteiger partial charge in [-0.1, -0.05) is 18.0 Å². The molecule has 2 aliphatic rings. The third-order valence-electron chi connectivity index (χ3n) is 6.70. The Labute approximate surface area is 202 Å². The van der Waals surface area contributed by atoms with E-state index in [4.69, 9.17) is 36.5 Å². The van der Waals surface area contributed by atoms with E-state index < -0.39 is 11.9 Å². The standard InChI is InChI=1S/C26H26ClN3O4/c1-13-20(26(31)33-3)21(17-11-14-9-10-15(32-2)12-19(14)29-24(17)27)22-23(28)16-7-5-4-6-8-18(16)30-25(22)34-13/h9-12,21H,4-8H2,1-3H3,(H2,28,30). The molecule has 0 saturated carbocycles. The fourth-order valence-electron chi connectivity index (χ4n) is 5.00. The number of nitrogens with zero attached hydrogens (tertiary/aromatic N) is 2. The Bertz CT molecular complexity index is 1350. The number of esters is 1. The fourth-order valence-corrected chi connectivity index (χ4v) is 5.25. The van der Waals surface area contributed by atoms with Crippen LogP contribution in [0.2, 0.25) is 5.15 Å². The van der Waals surface area contributed by atoms with Gasteiger partial charge in [0.1, 0.15) is 16.7 Å². The molecule has 176 valence electrons. The number of carbonyl (C=O) groups excluding carboxylic acids is 1. The highest BCUT2D eigenvalue weighted by atomic mass is 35.5. The van der Waals surface area contributed by atoms with Crippen LogP contribution in [0, 0.1) is 0 Å². The molecule has 0 fully saturated rings. The largest absolute Gasteiger partial charge is 0.497 e. The topological polar surface area (TPSA) is 96.6 Å². The van der Waals surface area contributed by atoms with Crippen molar-refractivity contribution < 1.29 is 19.0 Å². The predicted octanol–water partition coefficient (Wildman–Crippen LogP) is 5.11. The van der Waals surface area contributed by atoms with Crippen LogP contribution in [-0.2, 0) is 22.4 Å². The number of pyridine rings is 2. The van der Waals surface area contributed by atoms with Crippen molar-refractivity contribution in [2.45, 2.75) is 44.9 Å². The highest BCUT2D eigenvalue weighted by molar-refractivity contribution is 6.31. The maximum absolute atomic E-state index is 13.0. The quantitative estimate of drug-likeness (QED) is 0.316. The molecule has 3 heterocycles. The summed E-state index contributed by atoms with van der Waals surface area (Å²) in [6, 6.07) is 7.53. The number of aromatic nitrogens is 2. The number of benzene rings is 1. The van der Waals surface area contributed by atoms with E-state index in [1.165, 1.54) is 7.11 Å². The van der Waals surface area contributed by atoms with Gasteiger partial charge in [0, 0.05) is 28.4 Å². The molecule has 0 saturated heterocycles. The molecular weight excluding hydrogens is 454 g/mol. The lowest BCUT2D eigenvalue weighted by atomic mass is 9.81. The van der Waals surface area contributed by atoms with E-state index in [9.17, 15) is 4.79 Å². The van der Waals surface area contributed by atoms with Crippen LogP contribution in [0.3, 0.4) is 0 Å². The van der Waals surface area contributed by atoms with Gasteiger partial charge in [-0.05, 0) is 56.4 Å². The van der Waals surface area contributed by atoms with E-state index in [-0.39, 0.29) is 5.15 Å². The number of methoxy groups -OCH3 is 2. The number of allylic oxidation sites excluding steroid dienone is 1. The monoisotopic (exact) mass is 479 g/mol. The Morgan fingerprint density at radius 2 is 1.94 bits per heavy atom. The lowest BCUT2D eigenvalue weighted by Crippen LogP contribution is -2.25. The molecule has 5 rings (SSSR count). The lowest BCUT2D eigenvalue weighted by molar-refractivity contribution is -0.136. The molecular formula is C26H26ClN3O4. The minimum absolute atomic E-state index is 0.266. The normalized spacial score (nSPS) is 17.5. The maximum atomic E-state index is 13.0. The molecule has 1 aliphatic heterocycles. The van der Waals surface area contributed by atoms with Gasteiger partial charge in [-0.25, -0.2) is 14.8 Å². The summed E-state index contributed by atoms with van der Waals surface area (Å²) in [6.07, 6.45) is 4.93. The first-order valence-electron chi connectivity index (χ1n) is 11.3. The average Bonchev–Trinajstić information content (AvgIpc) is 3.08. The van der Waals surface area contributed by atoms with Gasteiger partial charge in [0.05, 0.1) is 36.8 Å². The maximum Gasteiger partial charge on any atom is 0.338 e. The van der Waals surface area contributed by atoms with Crippen LogP contribution in [0.15, 0.2) is 35.6 Å². The van der Waals surface area contributed by atoms with Crippen LogP contribution in [0.1, 0.15) is 54.5 Å². The molecule has 2 aromatic heterocycles. The van der Waals surface area contributed by atoms with E-state index >= 15 is 0 Å². The van der Waals surface area contributed by atoms with E-state index in [0.717, 1.165) is 48.7 Å². The average molecular weight is 480 g/mol. The molecule has 1 aliphatic carbocycles. The molecule has 8 heteroatoms. The summed E-state index contributed by atoms with van der Waals surface area (Å²) in [5, 5.41) is 1.12. The molecule has 0 bridgehead atoms. The van der Waals surface area contributed by atoms with Crippen molar-refractivity contribution in [3.8, 4) is 11.6 Å². The van der Waals surface area contributed by atoms with E-state index in [1.54, 1.807) is 14.0 Å². The first-order valence-corrected chi connectivity index (χ1v) is 11.7. The van der Waals surface area contributed by atoms with E-state index in [1.807, 2.05) is 24.3 Å². The Morgan fingerprint density at radius 1 is 1.15 bits per heavy atom. The van der Waals surface area contributed by atoms with Crippen LogP contribution in [-0.4, -0.2) is 30.2 Å². The third-order valence-corrected chi connectivity index (χ3v) is 7.00. The van der Waals surface area contributed by atoms with Crippen molar-refractivity contribution in [1.82, 2.24) is 9.97 Å². The van der Waals surface area contributed by atoms with Crippen molar-refractivity contribution >= 4 is 34.2 Å². The Morgan fingerprint density at radius 3 is 2.71 bits per heavy atom. The van der Waals surface area contributed by atoms with Gasteiger partial charge in [-0.3, -0.25) is 0 Å². The van der Waals surface area contributed by atoms with Crippen molar-refractivity contribution in [2.75, 3.05) is 20.0 Å². The molecule has 0 spiro atoms. The highest BCUT2D eigenvalue weighted by Crippen LogP contribution is 2.49. The zero-order valence-electron chi connectivity index (χ0n) is 19.4. The van der Waals surface area contributed by atoms with Gasteiger partial charge in [0.15, 0.2) is 0 Å². The molecule has 1 atom stereocenters. The predicted molar refractivity (Wildman–Crippen MR) is 130 cm³/mol. The number of fused-ring (bicyclic) bond motifs is 3. The van der Waals surface area contributed by atoms with Crippen LogP contribution < -0.4 is 15.2 Å². The van der Waals surface area contributed by atoms with E-state index in [0.29, 0.717) is 45.3 Å². The molecule has 0 radical (unpaired) electrons. The summed E-state index contributed by atoms with van der Waals surface area (Å²) in [6.45, 7) is 1.74. The number of anilines is 1. The van der Waals surface area contributed by atoms with Crippen molar-refractivity contribution in [1.29, 1.82) is 0 Å². The second-order valence-electron chi connectivity index (χ2n) is 8.65. The zero-order valence-corrected chi connectivity index (χ0v) is 20.2. The zero-order chi connectivity index (χ0) is 24.0. The van der Waals surface area contributed by atoms with Crippen LogP contribution >= 0.6 is 11.6 Å². The molecule has 34 heavy (non-hydrogen) atoms. The SMILES string of the molecule is COC(=O)C1=C(C)Oc2nc3c(c(N)c2C1c1cc2ccc(OC)cc2nc1Cl)CCCCC3. The molecule has 1 unspecified atom stereocenters. The summed E-state index contributed by atoms with van der Waals surface area (Å²) in [7, 11) is 2.95. The summed E-state index contributed by atoms with van der Waals surface area (Å²) in [5.41, 5.74) is 11.7. The van der Waals surface area contributed by atoms with E-state index in [2.05, 4.69) is 4.98 Å². The molecule has 0 amide bonds. The minimum atomic E-state index is -0.622. The van der Waals surface area contributed by atoms with Crippen LogP contribution in [0.4, 0.5) is 5.69 Å². The van der Waals surface area contributed by atoms with Gasteiger partial charge in [0.25, 0.3) is 0 Å². The number of hydrogen-bond donors (Lipinski definition) is 1. The number of carbonyl (C=O) groups is 1. The summed E-state index contributed by atoms with van der Waals surface area (Å²) in [5.74, 6) is 0.384. The number of nitrogen functional groups attached to an aromatic ring is 1. The Balaban J connectivity index is 1.78. The van der Waals surface area contributed by atoms with Gasteiger partial charge in [-0.15, -0.1) is 0 Å². The van der Waals surface area contributed by atoms with Gasteiger partial charge < -0.3 is 19.9 Å². The number of halogens is 1. The number of ether oxygens (including phenoxy) is 3. The first-order chi connectivity index (χ1) is 16.4. The summed E-state index contributed by atoms with van der Waals surface area (Å²) >= 11 is 6.75. The number of hydrogen-bond acceptors (Lipinski definition) is 7. The van der Waals surface area contributed by atoms with Gasteiger partial charge >= 0.3 is 5.97 Å².